The highest BCUT2D eigenvalue weighted by Crippen LogP contribution is 2.50. The number of sulfonamides is 1. The van der Waals surface area contributed by atoms with E-state index in [1.165, 1.54) is 24.3 Å². The fraction of sp³-hybridized carbons (Fsp3) is 0.562. The maximum Gasteiger partial charge on any atom is 0.439 e. The summed E-state index contributed by atoms with van der Waals surface area (Å²) < 4.78 is 66.8. The first-order valence-electron chi connectivity index (χ1n) is 7.99. The molecule has 0 aromatic heterocycles. The van der Waals surface area contributed by atoms with Crippen LogP contribution in [0.3, 0.4) is 0 Å². The summed E-state index contributed by atoms with van der Waals surface area (Å²) in [5.41, 5.74) is -2.69. The number of rotatable bonds is 2. The number of hydrogen-bond acceptors (Lipinski definition) is 4. The molecule has 138 valence electrons. The fourth-order valence-electron chi connectivity index (χ4n) is 3.51. The van der Waals surface area contributed by atoms with Crippen LogP contribution >= 0.6 is 0 Å². The van der Waals surface area contributed by atoms with E-state index in [0.717, 1.165) is 5.56 Å². The van der Waals surface area contributed by atoms with Gasteiger partial charge in [0.1, 0.15) is 0 Å². The summed E-state index contributed by atoms with van der Waals surface area (Å²) in [6.07, 6.45) is -4.04. The first-order valence-corrected chi connectivity index (χ1v) is 9.43. The smallest absolute Gasteiger partial charge is 0.361 e. The van der Waals surface area contributed by atoms with Crippen LogP contribution in [0.2, 0.25) is 0 Å². The van der Waals surface area contributed by atoms with E-state index >= 15 is 0 Å². The van der Waals surface area contributed by atoms with E-state index in [-0.39, 0.29) is 27.4 Å². The highest BCUT2D eigenvalue weighted by atomic mass is 32.2. The Kier molecular flexibility index (Phi) is 4.15. The number of hydrogen-bond donors (Lipinski definition) is 1. The van der Waals surface area contributed by atoms with Crippen molar-refractivity contribution in [2.24, 2.45) is 16.9 Å². The Morgan fingerprint density at radius 3 is 2.40 bits per heavy atom. The summed E-state index contributed by atoms with van der Waals surface area (Å²) in [7, 11) is -4.65. The zero-order valence-corrected chi connectivity index (χ0v) is 14.6. The zero-order chi connectivity index (χ0) is 18.6. The Labute approximate surface area is 144 Å². The van der Waals surface area contributed by atoms with Gasteiger partial charge in [0.05, 0.1) is 16.5 Å². The molecule has 1 heterocycles. The third kappa shape index (κ3) is 2.64. The van der Waals surface area contributed by atoms with Gasteiger partial charge in [-0.3, -0.25) is 0 Å². The summed E-state index contributed by atoms with van der Waals surface area (Å²) >= 11 is 0. The van der Waals surface area contributed by atoms with E-state index in [9.17, 15) is 26.7 Å². The lowest BCUT2D eigenvalue weighted by Crippen LogP contribution is -2.61. The molecule has 5 nitrogen and oxygen atoms in total. The third-order valence-electron chi connectivity index (χ3n) is 4.94. The number of fused-ring (bicyclic) bond motifs is 1. The minimum absolute atomic E-state index is 0.0408. The van der Waals surface area contributed by atoms with Crippen LogP contribution in [-0.2, 0) is 10.0 Å². The van der Waals surface area contributed by atoms with Gasteiger partial charge in [-0.15, -0.1) is 4.41 Å². The first-order chi connectivity index (χ1) is 11.5. The number of alkyl halides is 3. The molecule has 0 spiro atoms. The molecule has 0 unspecified atom stereocenters. The van der Waals surface area contributed by atoms with Gasteiger partial charge in [0, 0.05) is 0 Å². The molecule has 1 fully saturated rings. The molecule has 1 aliphatic heterocycles. The standard InChI is InChI=1S/C16H19F3N2O3S/c1-10-6-8-12(9-7-10)25(23,24)21-15(22,16(17,18)19)13-5-3-4-11(2)14(13)20-21/h6-9,11,13,22H,3-5H2,1-2H3/t11-,13-,15-/m1/s1. The van der Waals surface area contributed by atoms with Crippen LogP contribution in [0.5, 0.6) is 0 Å². The third-order valence-corrected chi connectivity index (χ3v) is 6.62. The van der Waals surface area contributed by atoms with Crippen molar-refractivity contribution in [3.8, 4) is 0 Å². The average molecular weight is 376 g/mol. The molecule has 1 aromatic carbocycles. The van der Waals surface area contributed by atoms with Crippen LogP contribution in [0.15, 0.2) is 34.3 Å². The zero-order valence-electron chi connectivity index (χ0n) is 13.8. The number of aliphatic hydroxyl groups is 1. The first kappa shape index (κ1) is 18.2. The van der Waals surface area contributed by atoms with Crippen LogP contribution in [0.4, 0.5) is 13.2 Å². The van der Waals surface area contributed by atoms with Crippen molar-refractivity contribution in [2.45, 2.75) is 49.9 Å². The van der Waals surface area contributed by atoms with Gasteiger partial charge in [-0.2, -0.15) is 26.7 Å². The van der Waals surface area contributed by atoms with Gasteiger partial charge in [0.2, 0.25) is 0 Å². The van der Waals surface area contributed by atoms with Gasteiger partial charge in [-0.1, -0.05) is 31.0 Å². The maximum atomic E-state index is 13.8. The molecule has 1 aliphatic carbocycles. The number of aryl methyl sites for hydroxylation is 1. The maximum absolute atomic E-state index is 13.8. The molecular formula is C16H19F3N2O3S. The molecule has 25 heavy (non-hydrogen) atoms. The lowest BCUT2D eigenvalue weighted by atomic mass is 9.76. The Hall–Kier alpha value is -1.61. The molecule has 1 aromatic rings. The number of benzene rings is 1. The second-order valence-corrected chi connectivity index (χ2v) is 8.46. The van der Waals surface area contributed by atoms with E-state index in [4.69, 9.17) is 0 Å². The molecule has 3 atom stereocenters. The summed E-state index contributed by atoms with van der Waals surface area (Å²) in [5, 5.41) is 14.3. The van der Waals surface area contributed by atoms with Crippen LogP contribution in [0.1, 0.15) is 31.7 Å². The average Bonchev–Trinajstić information content (AvgIpc) is 2.84. The molecule has 3 rings (SSSR count). The Morgan fingerprint density at radius 2 is 1.84 bits per heavy atom. The van der Waals surface area contributed by atoms with Crippen molar-refractivity contribution in [1.29, 1.82) is 0 Å². The van der Waals surface area contributed by atoms with E-state index in [2.05, 4.69) is 5.10 Å². The van der Waals surface area contributed by atoms with Gasteiger partial charge in [0.15, 0.2) is 0 Å². The van der Waals surface area contributed by atoms with Crippen LogP contribution in [-0.4, -0.2) is 35.6 Å². The quantitative estimate of drug-likeness (QED) is 0.863. The van der Waals surface area contributed by atoms with Crippen molar-refractivity contribution in [3.05, 3.63) is 29.8 Å². The molecule has 0 radical (unpaired) electrons. The Morgan fingerprint density at radius 1 is 1.24 bits per heavy atom. The predicted molar refractivity (Wildman–Crippen MR) is 85.1 cm³/mol. The lowest BCUT2D eigenvalue weighted by molar-refractivity contribution is -0.306. The van der Waals surface area contributed by atoms with E-state index < -0.39 is 27.8 Å². The Balaban J connectivity index is 2.16. The van der Waals surface area contributed by atoms with E-state index in [1.807, 2.05) is 0 Å². The molecule has 0 amide bonds. The molecule has 1 N–H and O–H groups in total. The summed E-state index contributed by atoms with van der Waals surface area (Å²) in [4.78, 5) is -0.337. The monoisotopic (exact) mass is 376 g/mol. The number of halogens is 3. The lowest BCUT2D eigenvalue weighted by Gasteiger charge is -2.39. The SMILES string of the molecule is Cc1ccc(S(=O)(=O)N2N=C3[C@H](C)CCC[C@H]3[C@@]2(O)C(F)(F)F)cc1. The fourth-order valence-corrected chi connectivity index (χ4v) is 4.99. The summed E-state index contributed by atoms with van der Waals surface area (Å²) in [6, 6.07) is 5.40. The summed E-state index contributed by atoms with van der Waals surface area (Å²) in [5.74, 6) is -1.69. The topological polar surface area (TPSA) is 70.0 Å². The van der Waals surface area contributed by atoms with Gasteiger partial charge in [0.25, 0.3) is 15.7 Å². The van der Waals surface area contributed by atoms with Crippen molar-refractivity contribution in [1.82, 2.24) is 4.41 Å². The predicted octanol–water partition coefficient (Wildman–Crippen LogP) is 3.04. The highest BCUT2D eigenvalue weighted by Gasteiger charge is 2.70. The minimum Gasteiger partial charge on any atom is -0.361 e. The van der Waals surface area contributed by atoms with Crippen molar-refractivity contribution in [2.75, 3.05) is 0 Å². The van der Waals surface area contributed by atoms with E-state index in [1.54, 1.807) is 13.8 Å². The van der Waals surface area contributed by atoms with Gasteiger partial charge in [-0.05, 0) is 37.8 Å². The van der Waals surface area contributed by atoms with Crippen molar-refractivity contribution in [3.63, 3.8) is 0 Å². The molecule has 2 aliphatic rings. The number of hydrazone groups is 1. The van der Waals surface area contributed by atoms with Gasteiger partial charge >= 0.3 is 6.18 Å². The van der Waals surface area contributed by atoms with E-state index in [0.29, 0.717) is 12.8 Å². The van der Waals surface area contributed by atoms with Crippen LogP contribution in [0, 0.1) is 18.8 Å². The second-order valence-electron chi connectivity index (χ2n) is 6.69. The number of nitrogens with zero attached hydrogens (tertiary/aromatic N) is 2. The largest absolute Gasteiger partial charge is 0.439 e. The highest BCUT2D eigenvalue weighted by molar-refractivity contribution is 7.89. The normalized spacial score (nSPS) is 30.2. The summed E-state index contributed by atoms with van der Waals surface area (Å²) in [6.45, 7) is 3.43. The van der Waals surface area contributed by atoms with Crippen LogP contribution < -0.4 is 0 Å². The molecule has 0 saturated heterocycles. The molecule has 0 bridgehead atoms. The van der Waals surface area contributed by atoms with Crippen LogP contribution in [0.25, 0.3) is 0 Å². The minimum atomic E-state index is -5.17. The molecule has 1 saturated carbocycles. The van der Waals surface area contributed by atoms with Crippen molar-refractivity contribution < 1.29 is 26.7 Å². The second kappa shape index (κ2) is 5.70. The Bertz CT molecular complexity index is 805. The van der Waals surface area contributed by atoms with Gasteiger partial charge in [-0.25, -0.2) is 0 Å². The van der Waals surface area contributed by atoms with Crippen molar-refractivity contribution >= 4 is 15.7 Å². The van der Waals surface area contributed by atoms with Gasteiger partial charge < -0.3 is 5.11 Å². The molecule has 9 heteroatoms. The molecular weight excluding hydrogens is 357 g/mol.